The molecule has 0 saturated carbocycles. The van der Waals surface area contributed by atoms with Crippen molar-refractivity contribution in [3.63, 3.8) is 0 Å². The number of aryl methyl sites for hydroxylation is 1. The Bertz CT molecular complexity index is 885. The molecule has 2 aromatic heterocycles. The highest BCUT2D eigenvalue weighted by atomic mass is 16.6. The van der Waals surface area contributed by atoms with Crippen molar-refractivity contribution in [3.8, 4) is 0 Å². The van der Waals surface area contributed by atoms with Gasteiger partial charge in [-0.05, 0) is 5.56 Å². The molecule has 2 heterocycles. The van der Waals surface area contributed by atoms with Crippen LogP contribution in [0.25, 0.3) is 11.0 Å². The fourth-order valence-corrected chi connectivity index (χ4v) is 2.14. The van der Waals surface area contributed by atoms with Crippen LogP contribution in [-0.4, -0.2) is 25.2 Å². The topological polar surface area (TPSA) is 91.0 Å². The van der Waals surface area contributed by atoms with Crippen LogP contribution in [0.5, 0.6) is 0 Å². The number of aromatic nitrogens is 4. The van der Waals surface area contributed by atoms with Gasteiger partial charge in [0.2, 0.25) is 0 Å². The van der Waals surface area contributed by atoms with Crippen molar-refractivity contribution in [2.75, 3.05) is 0 Å². The quantitative estimate of drug-likeness (QED) is 0.688. The Hall–Kier alpha value is -3.00. The van der Waals surface area contributed by atoms with E-state index in [0.29, 0.717) is 11.0 Å². The van der Waals surface area contributed by atoms with Crippen molar-refractivity contribution in [2.24, 2.45) is 7.05 Å². The molecule has 0 aliphatic heterocycles. The lowest BCUT2D eigenvalue weighted by Gasteiger charge is -2.07. The van der Waals surface area contributed by atoms with Crippen LogP contribution in [0, 0.1) is 0 Å². The van der Waals surface area contributed by atoms with Crippen molar-refractivity contribution in [1.82, 2.24) is 24.8 Å². The minimum absolute atomic E-state index is 0.175. The molecule has 0 bridgehead atoms. The van der Waals surface area contributed by atoms with Gasteiger partial charge in [0.15, 0.2) is 5.65 Å². The summed E-state index contributed by atoms with van der Waals surface area (Å²) >= 11 is 0. The van der Waals surface area contributed by atoms with Crippen LogP contribution < -0.4 is 11.0 Å². The Labute approximate surface area is 131 Å². The Morgan fingerprint density at radius 3 is 2.87 bits per heavy atom. The summed E-state index contributed by atoms with van der Waals surface area (Å²) in [5, 5.41) is 4.34. The van der Waals surface area contributed by atoms with Gasteiger partial charge < -0.3 is 0 Å². The maximum Gasteiger partial charge on any atom is 0.264 e. The summed E-state index contributed by atoms with van der Waals surface area (Å²) in [6.45, 7) is 0.0762. The van der Waals surface area contributed by atoms with Gasteiger partial charge in [-0.15, -0.1) is 0 Å². The molecule has 1 amide bonds. The monoisotopic (exact) mass is 313 g/mol. The molecule has 8 heteroatoms. The smallest absolute Gasteiger partial charge is 0.264 e. The lowest BCUT2D eigenvalue weighted by atomic mass is 10.2. The number of hydrogen-bond acceptors (Lipinski definition) is 5. The first-order chi connectivity index (χ1) is 11.1. The number of hydroxylamine groups is 1. The molecule has 23 heavy (non-hydrogen) atoms. The predicted octanol–water partition coefficient (Wildman–Crippen LogP) is 0.378. The molecule has 0 fully saturated rings. The molecule has 1 aromatic carbocycles. The molecule has 3 aromatic rings. The third-order valence-electron chi connectivity index (χ3n) is 3.30. The lowest BCUT2D eigenvalue weighted by molar-refractivity contribution is -0.135. The first kappa shape index (κ1) is 14.9. The number of nitrogens with zero attached hydrogens (tertiary/aromatic N) is 4. The van der Waals surface area contributed by atoms with Gasteiger partial charge in [-0.3, -0.25) is 23.7 Å². The Balaban J connectivity index is 1.62. The van der Waals surface area contributed by atoms with Crippen LogP contribution >= 0.6 is 0 Å². The Morgan fingerprint density at radius 1 is 1.30 bits per heavy atom. The van der Waals surface area contributed by atoms with Crippen molar-refractivity contribution in [2.45, 2.75) is 13.2 Å². The average Bonchev–Trinajstić information content (AvgIpc) is 2.93. The highest BCUT2D eigenvalue weighted by Crippen LogP contribution is 2.03. The molecule has 0 saturated heterocycles. The van der Waals surface area contributed by atoms with E-state index in [0.717, 1.165) is 5.56 Å². The van der Waals surface area contributed by atoms with E-state index in [2.05, 4.69) is 15.6 Å². The number of hydrogen-bond donors (Lipinski definition) is 1. The van der Waals surface area contributed by atoms with Crippen LogP contribution in [0.2, 0.25) is 0 Å². The second kappa shape index (κ2) is 6.41. The number of nitrogens with one attached hydrogen (secondary N) is 1. The number of carbonyl (C=O) groups excluding carboxylic acids is 1. The SMILES string of the molecule is Cn1ncc2c(=O)n(CC(=O)NOCc3ccccc3)cnc21. The molecule has 8 nitrogen and oxygen atoms in total. The number of amides is 1. The third kappa shape index (κ3) is 3.27. The summed E-state index contributed by atoms with van der Waals surface area (Å²) in [6, 6.07) is 9.44. The summed E-state index contributed by atoms with van der Waals surface area (Å²) in [7, 11) is 1.70. The van der Waals surface area contributed by atoms with E-state index in [4.69, 9.17) is 4.84 Å². The summed E-state index contributed by atoms with van der Waals surface area (Å²) in [5.74, 6) is -0.437. The van der Waals surface area contributed by atoms with Gasteiger partial charge >= 0.3 is 0 Å². The first-order valence-corrected chi connectivity index (χ1v) is 6.97. The van der Waals surface area contributed by atoms with E-state index in [1.165, 1.54) is 21.8 Å². The zero-order valence-electron chi connectivity index (χ0n) is 12.5. The Kier molecular flexibility index (Phi) is 4.15. The normalized spacial score (nSPS) is 10.8. The van der Waals surface area contributed by atoms with Gasteiger partial charge in [0.05, 0.1) is 12.8 Å². The van der Waals surface area contributed by atoms with Crippen LogP contribution in [0.3, 0.4) is 0 Å². The molecule has 0 spiro atoms. The van der Waals surface area contributed by atoms with Crippen molar-refractivity contribution in [1.29, 1.82) is 0 Å². The number of fused-ring (bicyclic) bond motifs is 1. The summed E-state index contributed by atoms with van der Waals surface area (Å²) < 4.78 is 2.72. The largest absolute Gasteiger partial charge is 0.289 e. The highest BCUT2D eigenvalue weighted by Gasteiger charge is 2.10. The molecular weight excluding hydrogens is 298 g/mol. The van der Waals surface area contributed by atoms with Crippen LogP contribution in [0.1, 0.15) is 5.56 Å². The average molecular weight is 313 g/mol. The fraction of sp³-hybridized carbons (Fsp3) is 0.200. The molecule has 3 rings (SSSR count). The van der Waals surface area contributed by atoms with Gasteiger partial charge in [0, 0.05) is 7.05 Å². The van der Waals surface area contributed by atoms with Crippen LogP contribution in [0.15, 0.2) is 47.7 Å². The molecule has 118 valence electrons. The molecule has 0 aliphatic rings. The molecule has 0 atom stereocenters. The summed E-state index contributed by atoms with van der Waals surface area (Å²) in [5.41, 5.74) is 3.41. The first-order valence-electron chi connectivity index (χ1n) is 6.97. The zero-order valence-corrected chi connectivity index (χ0v) is 12.5. The highest BCUT2D eigenvalue weighted by molar-refractivity contribution is 5.76. The second-order valence-electron chi connectivity index (χ2n) is 4.98. The number of carbonyl (C=O) groups is 1. The molecule has 0 unspecified atom stereocenters. The number of benzene rings is 1. The van der Waals surface area contributed by atoms with E-state index in [-0.39, 0.29) is 18.7 Å². The van der Waals surface area contributed by atoms with Crippen molar-refractivity contribution < 1.29 is 9.63 Å². The summed E-state index contributed by atoms with van der Waals surface area (Å²) in [4.78, 5) is 33.3. The second-order valence-corrected chi connectivity index (χ2v) is 4.98. The van der Waals surface area contributed by atoms with Gasteiger partial charge in [-0.2, -0.15) is 5.10 Å². The van der Waals surface area contributed by atoms with E-state index in [1.54, 1.807) is 7.05 Å². The van der Waals surface area contributed by atoms with E-state index in [1.807, 2.05) is 30.3 Å². The third-order valence-corrected chi connectivity index (χ3v) is 3.30. The summed E-state index contributed by atoms with van der Waals surface area (Å²) in [6.07, 6.45) is 2.76. The van der Waals surface area contributed by atoms with E-state index < -0.39 is 5.91 Å². The molecule has 0 radical (unpaired) electrons. The molecule has 0 aliphatic carbocycles. The van der Waals surface area contributed by atoms with E-state index >= 15 is 0 Å². The molecule has 1 N–H and O–H groups in total. The van der Waals surface area contributed by atoms with Crippen LogP contribution in [0.4, 0.5) is 0 Å². The van der Waals surface area contributed by atoms with Gasteiger partial charge in [-0.1, -0.05) is 30.3 Å². The van der Waals surface area contributed by atoms with Crippen molar-refractivity contribution >= 4 is 16.9 Å². The minimum atomic E-state index is -0.437. The lowest BCUT2D eigenvalue weighted by Crippen LogP contribution is -2.32. The fourth-order valence-electron chi connectivity index (χ4n) is 2.14. The standard InChI is InChI=1S/C15H15N5O3/c1-19-14-12(7-17-19)15(22)20(10-16-14)8-13(21)18-23-9-11-5-3-2-4-6-11/h2-7,10H,8-9H2,1H3,(H,18,21). The maximum atomic E-state index is 12.2. The van der Waals surface area contributed by atoms with Crippen LogP contribution in [-0.2, 0) is 29.8 Å². The molecular formula is C15H15N5O3. The maximum absolute atomic E-state index is 12.2. The number of rotatable bonds is 5. The minimum Gasteiger partial charge on any atom is -0.289 e. The van der Waals surface area contributed by atoms with Gasteiger partial charge in [0.25, 0.3) is 11.5 Å². The predicted molar refractivity (Wildman–Crippen MR) is 82.1 cm³/mol. The zero-order chi connectivity index (χ0) is 16.2. The van der Waals surface area contributed by atoms with Gasteiger partial charge in [-0.25, -0.2) is 10.5 Å². The van der Waals surface area contributed by atoms with E-state index in [9.17, 15) is 9.59 Å². The Morgan fingerprint density at radius 2 is 2.09 bits per heavy atom. The van der Waals surface area contributed by atoms with Gasteiger partial charge in [0.1, 0.15) is 18.3 Å². The van der Waals surface area contributed by atoms with Crippen molar-refractivity contribution in [3.05, 3.63) is 58.8 Å².